The van der Waals surface area contributed by atoms with Gasteiger partial charge in [0.25, 0.3) is 0 Å². The van der Waals surface area contributed by atoms with Crippen molar-refractivity contribution in [3.63, 3.8) is 0 Å². The van der Waals surface area contributed by atoms with Crippen LogP contribution in [0.4, 0.5) is 22.7 Å². The number of hydrogen-bond donors (Lipinski definition) is 1. The van der Waals surface area contributed by atoms with Crippen molar-refractivity contribution in [3.8, 4) is 11.3 Å². The molecule has 4 radical (unpaired) electrons. The van der Waals surface area contributed by atoms with Crippen LogP contribution in [0, 0.1) is 97.5 Å². The zero-order valence-electron chi connectivity index (χ0n) is 71.6. The molecule has 18 rings (SSSR count). The van der Waals surface area contributed by atoms with Gasteiger partial charge >= 0.3 is 0 Å². The van der Waals surface area contributed by atoms with E-state index in [1.807, 2.05) is 226 Å². The number of anilines is 4. The molecule has 21 heteroatoms. The van der Waals surface area contributed by atoms with E-state index in [1.165, 1.54) is 87.2 Å². The molecule has 11 heterocycles. The number of rotatable bonds is 12. The van der Waals surface area contributed by atoms with Crippen molar-refractivity contribution in [2.24, 2.45) is 9.98 Å². The Morgan fingerprint density at radius 2 is 0.600 bits per heavy atom. The largest absolute Gasteiger partial charge is 0.512 e. The number of carbonyl (C=O) groups is 1. The number of aliphatic hydroxyl groups is 1. The number of hydrogen-bond acceptors (Lipinski definition) is 13. The molecule has 6 aliphatic rings. The fourth-order valence-corrected chi connectivity index (χ4v) is 13.7. The molecule has 6 aliphatic heterocycles. The van der Waals surface area contributed by atoms with Gasteiger partial charge in [0, 0.05) is 153 Å². The Labute approximate surface area is 795 Å². The van der Waals surface area contributed by atoms with Crippen molar-refractivity contribution in [3.05, 3.63) is 475 Å². The first-order valence-corrected chi connectivity index (χ1v) is 40.3. The monoisotopic (exact) mass is 2350 g/mol. The average Bonchev–Trinajstić information content (AvgIpc) is 1.82. The number of pyridine rings is 5. The van der Waals surface area contributed by atoms with E-state index in [2.05, 4.69) is 286 Å². The van der Waals surface area contributed by atoms with Gasteiger partial charge in [-0.1, -0.05) is 146 Å². The van der Waals surface area contributed by atoms with E-state index in [4.69, 9.17) is 5.11 Å². The van der Waals surface area contributed by atoms with E-state index < -0.39 is 0 Å². The van der Waals surface area contributed by atoms with Crippen LogP contribution in [0.3, 0.4) is 0 Å². The van der Waals surface area contributed by atoms with Gasteiger partial charge in [0.15, 0.2) is 5.78 Å². The standard InChI is InChI=1S/4C17H16BN2.C11H8N.2C10H8N.C5H8O2.4Ir/c4*1-14-6-5-7-15(2)17(14)20-12-9-18(10-13-20)16-8-3-4-11-19-16;1-2-6-10(7-3-1)11-8-4-5-9-12-11;2*1-2-5-9(6-3-1)10-7-4-8-11-10;1-4(6)3-5(2)7;;;;/h4*3-9,11-13H,1-2H3;1-6,8-9H;2*1-5,8H,7H2;3,6H,1-2H3;;;;/q7*-1;;;;;. The minimum absolute atomic E-state index is 0. The first-order chi connectivity index (χ1) is 59.0. The van der Waals surface area contributed by atoms with Crippen LogP contribution in [0.5, 0.6) is 0 Å². The Morgan fingerprint density at radius 1 is 0.336 bits per heavy atom. The summed E-state index contributed by atoms with van der Waals surface area (Å²) in [6.07, 6.45) is 36.4. The molecular formula is C104H96B4Ir4N11O2-7. The topological polar surface area (TPSA) is 139 Å². The van der Waals surface area contributed by atoms with Crippen LogP contribution in [-0.2, 0) is 85.2 Å². The van der Waals surface area contributed by atoms with E-state index in [0.29, 0.717) is 0 Å². The van der Waals surface area contributed by atoms with Crippen molar-refractivity contribution in [1.29, 1.82) is 0 Å². The van der Waals surface area contributed by atoms with E-state index in [-0.39, 0.29) is 119 Å². The van der Waals surface area contributed by atoms with Crippen LogP contribution < -0.4 is 42.0 Å². The van der Waals surface area contributed by atoms with Crippen molar-refractivity contribution in [1.82, 2.24) is 24.9 Å². The maximum Gasteiger partial charge on any atom is 0.155 e. The molecule has 0 amide bonds. The number of aromatic nitrogens is 5. The summed E-state index contributed by atoms with van der Waals surface area (Å²) in [5.41, 5.74) is 25.6. The number of aryl methyl sites for hydroxylation is 8. The van der Waals surface area contributed by atoms with Gasteiger partial charge < -0.3 is 63.6 Å². The summed E-state index contributed by atoms with van der Waals surface area (Å²) in [6, 6.07) is 88.3. The average molecular weight is 2340 g/mol. The Bertz CT molecular complexity index is 5050. The summed E-state index contributed by atoms with van der Waals surface area (Å²) in [5, 5.41) is 8.36. The number of carbonyl (C=O) groups excluding carboxylic acids is 1. The van der Waals surface area contributed by atoms with Gasteiger partial charge in [0.05, 0.1) is 32.6 Å². The third-order valence-electron chi connectivity index (χ3n) is 19.5. The Morgan fingerprint density at radius 3 is 0.792 bits per heavy atom. The van der Waals surface area contributed by atoms with Crippen LogP contribution in [-0.4, -0.2) is 74.1 Å². The molecule has 5 aromatic heterocycles. The summed E-state index contributed by atoms with van der Waals surface area (Å²) in [4.78, 5) is 48.7. The predicted octanol–water partition coefficient (Wildman–Crippen LogP) is 19.3. The molecule has 0 spiro atoms. The van der Waals surface area contributed by atoms with Gasteiger partial charge in [-0.3, -0.25) is 24.7 Å². The van der Waals surface area contributed by atoms with E-state index >= 15 is 0 Å². The number of ketones is 1. The summed E-state index contributed by atoms with van der Waals surface area (Å²) >= 11 is 0. The van der Waals surface area contributed by atoms with Crippen LogP contribution in [0.2, 0.25) is 0 Å². The first kappa shape index (κ1) is 100. The number of nitrogens with zero attached hydrogens (tertiary/aromatic N) is 11. The molecule has 0 unspecified atom stereocenters. The summed E-state index contributed by atoms with van der Waals surface area (Å²) in [5.74, 6) is 22.0. The van der Waals surface area contributed by atoms with Crippen molar-refractivity contribution in [2.75, 3.05) is 19.6 Å². The number of allylic oxidation sites excluding steroid dienone is 4. The smallest absolute Gasteiger partial charge is 0.155 e. The predicted molar refractivity (Wildman–Crippen MR) is 507 cm³/mol. The molecule has 0 fully saturated rings. The van der Waals surface area contributed by atoms with Gasteiger partial charge in [-0.15, -0.1) is 132 Å². The molecule has 634 valence electrons. The normalized spacial score (nSPS) is 13.1. The molecule has 1 N–H and O–H groups in total. The number of benzene rings is 7. The Balaban J connectivity index is 0.000000199. The molecule has 12 aromatic rings. The minimum atomic E-state index is -0.125. The maximum atomic E-state index is 10.0. The molecule has 0 saturated carbocycles. The molecule has 125 heavy (non-hydrogen) atoms. The van der Waals surface area contributed by atoms with E-state index in [1.54, 1.807) is 6.20 Å². The first-order valence-electron chi connectivity index (χ1n) is 40.3. The summed E-state index contributed by atoms with van der Waals surface area (Å²) in [7, 11) is 0. The van der Waals surface area contributed by atoms with Gasteiger partial charge in [-0.25, -0.2) is 0 Å². The third kappa shape index (κ3) is 30.9. The Hall–Kier alpha value is -11.7. The van der Waals surface area contributed by atoms with E-state index in [9.17, 15) is 4.79 Å². The number of aliphatic imine (C=N–C) groups is 2. The van der Waals surface area contributed by atoms with Crippen LogP contribution in [0.25, 0.3) is 11.3 Å². The molecule has 0 atom stereocenters. The van der Waals surface area contributed by atoms with E-state index in [0.717, 1.165) is 69.0 Å². The summed E-state index contributed by atoms with van der Waals surface area (Å²) < 4.78 is 0. The quantitative estimate of drug-likeness (QED) is 0.0541. The van der Waals surface area contributed by atoms with Crippen LogP contribution in [0.15, 0.2) is 387 Å². The minimum Gasteiger partial charge on any atom is -0.512 e. The van der Waals surface area contributed by atoms with Crippen LogP contribution in [0.1, 0.15) is 82.3 Å². The van der Waals surface area contributed by atoms with Crippen molar-refractivity contribution >= 4 is 89.2 Å². The van der Waals surface area contributed by atoms with Gasteiger partial charge in [0.1, 0.15) is 0 Å². The van der Waals surface area contributed by atoms with Crippen molar-refractivity contribution in [2.45, 2.75) is 82.1 Å². The molecule has 0 saturated heterocycles. The fraction of sp³-hybridized carbons (Fsp3) is 0.115. The van der Waals surface area contributed by atoms with Crippen LogP contribution >= 0.6 is 0 Å². The van der Waals surface area contributed by atoms with Gasteiger partial charge in [-0.05, 0) is 221 Å². The second kappa shape index (κ2) is 53.5. The zero-order chi connectivity index (χ0) is 84.9. The molecule has 0 aliphatic carbocycles. The molecule has 13 nitrogen and oxygen atoms in total. The number of para-hydroxylation sites is 4. The second-order valence-corrected chi connectivity index (χ2v) is 28.8. The number of aliphatic hydroxyl groups excluding tert-OH is 1. The molecular weight excluding hydrogens is 2250 g/mol. The van der Waals surface area contributed by atoms with Gasteiger partial charge in [-0.2, -0.15) is 24.8 Å². The maximum absolute atomic E-state index is 10.0. The molecule has 0 bridgehead atoms. The summed E-state index contributed by atoms with van der Waals surface area (Å²) in [6.45, 7) is 20.5. The Kier molecular flexibility index (Phi) is 42.9. The fourth-order valence-electron chi connectivity index (χ4n) is 13.7. The zero-order valence-corrected chi connectivity index (χ0v) is 81.1. The SMILES string of the molecule is CC(=O)C=C(C)O.Cc1cccc(C)c1N1C=[C-]B(c2ccccn2)C=C1.Cc1cccc(C)c1N1C=[C-]B(c2ccccn2)C=C1.Cc1cccc(C)c1N1C=[C-]B(c2ccccn2)C=C1.Cc1cccc(C)c1N1C=[C-]B(c2ccccn2)C=C1.[Ir].[Ir].[Ir].[Ir].[c-]1ccccc1-c1ccccn1.[c-]1ccccc1C1=NC=CC1.[c-]1ccccc1C1=NC=CC1. The van der Waals surface area contributed by atoms with Crippen molar-refractivity contribution < 1.29 is 90.3 Å². The second-order valence-electron chi connectivity index (χ2n) is 28.8. The van der Waals surface area contributed by atoms with Gasteiger partial charge in [0.2, 0.25) is 0 Å². The third-order valence-corrected chi connectivity index (χ3v) is 19.5. The molecule has 7 aromatic carbocycles.